The lowest BCUT2D eigenvalue weighted by Crippen LogP contribution is -1.97. The van der Waals surface area contributed by atoms with Gasteiger partial charge in [0, 0.05) is 17.1 Å². The van der Waals surface area contributed by atoms with E-state index in [1.165, 1.54) is 5.56 Å². The minimum absolute atomic E-state index is 0.188. The van der Waals surface area contributed by atoms with Crippen molar-refractivity contribution in [3.05, 3.63) is 101 Å². The molecule has 2 heterocycles. The van der Waals surface area contributed by atoms with Crippen molar-refractivity contribution >= 4 is 22.6 Å². The molecule has 0 aliphatic carbocycles. The van der Waals surface area contributed by atoms with E-state index in [2.05, 4.69) is 54.0 Å². The fraction of sp³-hybridized carbons (Fsp3) is 0.0435. The second kappa shape index (κ2) is 5.18. The molecule has 0 radical (unpaired) electrons. The molecule has 4 aromatic rings. The molecular weight excluding hydrogens is 309 g/mol. The van der Waals surface area contributed by atoms with E-state index in [-0.39, 0.29) is 5.82 Å². The Labute approximate surface area is 145 Å². The van der Waals surface area contributed by atoms with Gasteiger partial charge < -0.3 is 4.57 Å². The van der Waals surface area contributed by atoms with E-state index in [1.54, 1.807) is 6.07 Å². The van der Waals surface area contributed by atoms with Crippen LogP contribution >= 0.6 is 0 Å². The number of benzene rings is 3. The van der Waals surface area contributed by atoms with Gasteiger partial charge in [0.05, 0.1) is 11.2 Å². The zero-order valence-electron chi connectivity index (χ0n) is 13.8. The van der Waals surface area contributed by atoms with Gasteiger partial charge in [0.15, 0.2) is 0 Å². The second-order valence-electron chi connectivity index (χ2n) is 6.53. The average Bonchev–Trinajstić information content (AvgIpc) is 2.98. The summed E-state index contributed by atoms with van der Waals surface area (Å²) in [7, 11) is 0. The van der Waals surface area contributed by atoms with Crippen molar-refractivity contribution in [3.63, 3.8) is 0 Å². The van der Waals surface area contributed by atoms with Crippen LogP contribution in [0.15, 0.2) is 72.9 Å². The minimum Gasteiger partial charge on any atom is -0.315 e. The molecule has 1 aliphatic rings. The van der Waals surface area contributed by atoms with Crippen LogP contribution in [0.5, 0.6) is 0 Å². The third-order valence-electron chi connectivity index (χ3n) is 4.93. The normalized spacial score (nSPS) is 12.6. The lowest BCUT2D eigenvalue weighted by molar-refractivity contribution is 0.626. The van der Waals surface area contributed by atoms with Crippen molar-refractivity contribution in [1.82, 2.24) is 4.57 Å². The monoisotopic (exact) mass is 325 g/mol. The third kappa shape index (κ3) is 2.07. The van der Waals surface area contributed by atoms with Crippen molar-refractivity contribution in [1.29, 1.82) is 0 Å². The van der Waals surface area contributed by atoms with Crippen LogP contribution in [0.25, 0.3) is 28.2 Å². The predicted molar refractivity (Wildman–Crippen MR) is 101 cm³/mol. The molecule has 0 fully saturated rings. The second-order valence-corrected chi connectivity index (χ2v) is 6.53. The highest BCUT2D eigenvalue weighted by atomic mass is 19.1. The van der Waals surface area contributed by atoms with Crippen LogP contribution in [0.4, 0.5) is 4.39 Å². The molecule has 0 saturated heterocycles. The topological polar surface area (TPSA) is 4.93 Å². The molecule has 0 amide bonds. The van der Waals surface area contributed by atoms with Crippen LogP contribution < -0.4 is 0 Å². The standard InChI is InChI=1S/C23H16FN/c1-15-6-8-16(9-7-15)19-14-18-4-2-3-5-21(18)25-13-12-17-10-11-20(24)22(19)23(17)25/h2-14H,1H3. The van der Waals surface area contributed by atoms with Crippen molar-refractivity contribution in [3.8, 4) is 5.69 Å². The highest BCUT2D eigenvalue weighted by molar-refractivity contribution is 6.04. The number of aryl methyl sites for hydroxylation is 1. The Morgan fingerprint density at radius 2 is 1.64 bits per heavy atom. The van der Waals surface area contributed by atoms with Crippen LogP contribution in [0.2, 0.25) is 0 Å². The third-order valence-corrected chi connectivity index (χ3v) is 4.93. The first-order valence-electron chi connectivity index (χ1n) is 8.40. The Hall–Kier alpha value is -3.13. The number of fused-ring (bicyclic) bond motifs is 2. The van der Waals surface area contributed by atoms with Gasteiger partial charge in [-0.05, 0) is 54.0 Å². The zero-order valence-corrected chi connectivity index (χ0v) is 13.8. The lowest BCUT2D eigenvalue weighted by Gasteiger charge is -2.11. The Bertz CT molecular complexity index is 1150. The zero-order chi connectivity index (χ0) is 17.0. The van der Waals surface area contributed by atoms with Crippen LogP contribution in [-0.2, 0) is 0 Å². The van der Waals surface area contributed by atoms with Crippen molar-refractivity contribution < 1.29 is 4.39 Å². The summed E-state index contributed by atoms with van der Waals surface area (Å²) in [6.45, 7) is 2.06. The largest absolute Gasteiger partial charge is 0.315 e. The summed E-state index contributed by atoms with van der Waals surface area (Å²) in [6.07, 6.45) is 4.13. The fourth-order valence-electron chi connectivity index (χ4n) is 3.68. The van der Waals surface area contributed by atoms with Gasteiger partial charge in [-0.1, -0.05) is 48.0 Å². The molecule has 120 valence electrons. The molecule has 25 heavy (non-hydrogen) atoms. The van der Waals surface area contributed by atoms with Gasteiger partial charge in [-0.15, -0.1) is 0 Å². The van der Waals surface area contributed by atoms with Gasteiger partial charge >= 0.3 is 0 Å². The molecule has 2 heteroatoms. The predicted octanol–water partition coefficient (Wildman–Crippen LogP) is 5.98. The molecule has 0 saturated carbocycles. The highest BCUT2D eigenvalue weighted by Gasteiger charge is 2.21. The molecule has 3 aromatic carbocycles. The fourth-order valence-corrected chi connectivity index (χ4v) is 3.68. The molecule has 1 nitrogen and oxygen atoms in total. The number of para-hydroxylation sites is 1. The van der Waals surface area contributed by atoms with Gasteiger partial charge in [-0.2, -0.15) is 0 Å². The maximum absolute atomic E-state index is 15.0. The molecule has 0 spiro atoms. The first kappa shape index (κ1) is 14.2. The molecule has 1 aromatic heterocycles. The molecule has 0 bridgehead atoms. The number of halogens is 1. The van der Waals surface area contributed by atoms with Gasteiger partial charge in [0.1, 0.15) is 5.82 Å². The SMILES string of the molecule is Cc1ccc(C2=Cc3ccccc3-n3ccc4ccc(F)c2c43)cc1. The smallest absolute Gasteiger partial charge is 0.133 e. The number of nitrogens with zero attached hydrogens (tertiary/aromatic N) is 1. The first-order valence-corrected chi connectivity index (χ1v) is 8.40. The van der Waals surface area contributed by atoms with Crippen molar-refractivity contribution in [2.45, 2.75) is 6.92 Å². The molecule has 5 rings (SSSR count). The highest BCUT2D eigenvalue weighted by Crippen LogP contribution is 2.39. The van der Waals surface area contributed by atoms with E-state index in [4.69, 9.17) is 0 Å². The van der Waals surface area contributed by atoms with E-state index in [1.807, 2.05) is 30.5 Å². The van der Waals surface area contributed by atoms with Gasteiger partial charge in [-0.25, -0.2) is 4.39 Å². The average molecular weight is 325 g/mol. The number of aromatic nitrogens is 1. The van der Waals surface area contributed by atoms with E-state index >= 15 is 0 Å². The van der Waals surface area contributed by atoms with Gasteiger partial charge in [0.2, 0.25) is 0 Å². The number of hydrogen-bond donors (Lipinski definition) is 0. The first-order chi connectivity index (χ1) is 12.2. The summed E-state index contributed by atoms with van der Waals surface area (Å²) < 4.78 is 17.1. The molecule has 0 unspecified atom stereocenters. The van der Waals surface area contributed by atoms with Gasteiger partial charge in [0.25, 0.3) is 0 Å². The molecule has 0 atom stereocenters. The number of hydrogen-bond acceptors (Lipinski definition) is 0. The van der Waals surface area contributed by atoms with Crippen LogP contribution in [0.1, 0.15) is 22.3 Å². The Morgan fingerprint density at radius 1 is 0.840 bits per heavy atom. The maximum Gasteiger partial charge on any atom is 0.133 e. The van der Waals surface area contributed by atoms with Crippen LogP contribution in [-0.4, -0.2) is 4.57 Å². The van der Waals surface area contributed by atoms with Gasteiger partial charge in [-0.3, -0.25) is 0 Å². The van der Waals surface area contributed by atoms with Crippen molar-refractivity contribution in [2.24, 2.45) is 0 Å². The summed E-state index contributed by atoms with van der Waals surface area (Å²) in [5.41, 5.74) is 6.91. The summed E-state index contributed by atoms with van der Waals surface area (Å²) in [5.74, 6) is -0.188. The van der Waals surface area contributed by atoms with E-state index < -0.39 is 0 Å². The molecule has 1 aliphatic heterocycles. The molecular formula is C23H16FN. The van der Waals surface area contributed by atoms with Crippen LogP contribution in [0.3, 0.4) is 0 Å². The Kier molecular flexibility index (Phi) is 2.95. The Balaban J connectivity index is 1.94. The summed E-state index contributed by atoms with van der Waals surface area (Å²) in [6, 6.07) is 22.0. The van der Waals surface area contributed by atoms with Crippen LogP contribution in [0, 0.1) is 12.7 Å². The quantitative estimate of drug-likeness (QED) is 0.357. The summed E-state index contributed by atoms with van der Waals surface area (Å²) >= 11 is 0. The molecule has 0 N–H and O–H groups in total. The van der Waals surface area contributed by atoms with Crippen molar-refractivity contribution in [2.75, 3.05) is 0 Å². The van der Waals surface area contributed by atoms with E-state index in [0.29, 0.717) is 5.56 Å². The maximum atomic E-state index is 15.0. The lowest BCUT2D eigenvalue weighted by atomic mass is 9.94. The minimum atomic E-state index is -0.188. The van der Waals surface area contributed by atoms with E-state index in [9.17, 15) is 4.39 Å². The summed E-state index contributed by atoms with van der Waals surface area (Å²) in [4.78, 5) is 0. The van der Waals surface area contributed by atoms with E-state index in [0.717, 1.165) is 33.3 Å². The Morgan fingerprint density at radius 3 is 2.48 bits per heavy atom. The summed E-state index contributed by atoms with van der Waals surface area (Å²) in [5, 5.41) is 1.05. The number of rotatable bonds is 1.